The van der Waals surface area contributed by atoms with Crippen LogP contribution in [0.2, 0.25) is 10.0 Å². The van der Waals surface area contributed by atoms with Crippen molar-refractivity contribution in [2.45, 2.75) is 13.0 Å². The zero-order valence-corrected chi connectivity index (χ0v) is 13.0. The Morgan fingerprint density at radius 3 is 2.40 bits per heavy atom. The predicted molar refractivity (Wildman–Crippen MR) is 87.8 cm³/mol. The first-order valence-corrected chi connectivity index (χ1v) is 7.31. The van der Waals surface area contributed by atoms with Crippen LogP contribution in [0.3, 0.4) is 0 Å². The summed E-state index contributed by atoms with van der Waals surface area (Å²) < 4.78 is 0. The summed E-state index contributed by atoms with van der Waals surface area (Å²) >= 11 is 12.5. The lowest BCUT2D eigenvalue weighted by molar-refractivity contribution is 0.893. The lowest BCUT2D eigenvalue weighted by Gasteiger charge is -2.23. The van der Waals surface area contributed by atoms with Crippen LogP contribution in [0.4, 0.5) is 5.69 Å². The van der Waals surface area contributed by atoms with Crippen molar-refractivity contribution in [1.29, 1.82) is 0 Å². The van der Waals surface area contributed by atoms with Crippen molar-refractivity contribution < 1.29 is 0 Å². The summed E-state index contributed by atoms with van der Waals surface area (Å²) in [6, 6.07) is 13.8. The van der Waals surface area contributed by atoms with Gasteiger partial charge in [0.25, 0.3) is 0 Å². The zero-order valence-electron chi connectivity index (χ0n) is 11.4. The molecular formula is C16H18Cl2N2. The highest BCUT2D eigenvalue weighted by Gasteiger charge is 2.11. The molecular weight excluding hydrogens is 291 g/mol. The number of hydrogen-bond acceptors (Lipinski definition) is 2. The summed E-state index contributed by atoms with van der Waals surface area (Å²) in [7, 11) is 2.04. The van der Waals surface area contributed by atoms with Gasteiger partial charge in [0.15, 0.2) is 0 Å². The van der Waals surface area contributed by atoms with Crippen LogP contribution in [0.5, 0.6) is 0 Å². The van der Waals surface area contributed by atoms with Gasteiger partial charge in [-0.05, 0) is 42.3 Å². The Balaban J connectivity index is 2.27. The Hall–Kier alpha value is -1.22. The van der Waals surface area contributed by atoms with Crippen LogP contribution in [0.1, 0.15) is 11.1 Å². The number of anilines is 1. The molecule has 106 valence electrons. The van der Waals surface area contributed by atoms with Gasteiger partial charge in [-0.25, -0.2) is 0 Å². The molecule has 0 saturated heterocycles. The monoisotopic (exact) mass is 308 g/mol. The summed E-state index contributed by atoms with van der Waals surface area (Å²) in [5, 5.41) is 1.54. The second kappa shape index (κ2) is 6.98. The van der Waals surface area contributed by atoms with Crippen LogP contribution < -0.4 is 10.6 Å². The second-order valence-electron chi connectivity index (χ2n) is 4.72. The van der Waals surface area contributed by atoms with Gasteiger partial charge >= 0.3 is 0 Å². The molecule has 2 rings (SSSR count). The predicted octanol–water partition coefficient (Wildman–Crippen LogP) is 4.13. The summed E-state index contributed by atoms with van der Waals surface area (Å²) in [6.45, 7) is 1.31. The molecule has 0 fully saturated rings. The molecule has 20 heavy (non-hydrogen) atoms. The van der Waals surface area contributed by atoms with Gasteiger partial charge in [-0.3, -0.25) is 0 Å². The fourth-order valence-corrected chi connectivity index (χ4v) is 2.72. The van der Waals surface area contributed by atoms with E-state index in [0.717, 1.165) is 39.8 Å². The molecule has 0 aliphatic carbocycles. The molecule has 4 heteroatoms. The Bertz CT molecular complexity index is 584. The van der Waals surface area contributed by atoms with E-state index in [1.54, 1.807) is 0 Å². The van der Waals surface area contributed by atoms with Gasteiger partial charge in [0.2, 0.25) is 0 Å². The fourth-order valence-electron chi connectivity index (χ4n) is 2.26. The molecule has 0 bridgehead atoms. The topological polar surface area (TPSA) is 29.3 Å². The van der Waals surface area contributed by atoms with Crippen LogP contribution in [0.15, 0.2) is 42.5 Å². The maximum Gasteiger partial charge on any atom is 0.0459 e. The lowest BCUT2D eigenvalue weighted by Crippen LogP contribution is -2.19. The number of nitrogens with zero attached hydrogens (tertiary/aromatic N) is 1. The van der Waals surface area contributed by atoms with Crippen molar-refractivity contribution in [1.82, 2.24) is 0 Å². The summed E-state index contributed by atoms with van der Waals surface area (Å²) in [5.74, 6) is 0. The molecule has 0 heterocycles. The van der Waals surface area contributed by atoms with Gasteiger partial charge in [0, 0.05) is 29.3 Å². The lowest BCUT2D eigenvalue weighted by atomic mass is 10.1. The minimum absolute atomic E-state index is 0.580. The molecule has 0 spiro atoms. The third kappa shape index (κ3) is 3.45. The van der Waals surface area contributed by atoms with Gasteiger partial charge in [0.05, 0.1) is 0 Å². The van der Waals surface area contributed by atoms with Crippen molar-refractivity contribution in [3.8, 4) is 0 Å². The van der Waals surface area contributed by atoms with Crippen molar-refractivity contribution in [2.24, 2.45) is 5.73 Å². The second-order valence-corrected chi connectivity index (χ2v) is 5.54. The first-order chi connectivity index (χ1) is 9.63. The fraction of sp³-hybridized carbons (Fsp3) is 0.250. The van der Waals surface area contributed by atoms with Gasteiger partial charge in [-0.2, -0.15) is 0 Å². The largest absolute Gasteiger partial charge is 0.370 e. The van der Waals surface area contributed by atoms with E-state index in [9.17, 15) is 0 Å². The minimum atomic E-state index is 0.580. The van der Waals surface area contributed by atoms with Crippen LogP contribution in [-0.4, -0.2) is 13.6 Å². The first-order valence-electron chi connectivity index (χ1n) is 6.55. The molecule has 0 aliphatic rings. The van der Waals surface area contributed by atoms with E-state index in [1.165, 1.54) is 0 Å². The third-order valence-corrected chi connectivity index (χ3v) is 3.99. The number of halogens is 2. The van der Waals surface area contributed by atoms with Crippen LogP contribution in [0.25, 0.3) is 0 Å². The molecule has 0 aliphatic heterocycles. The zero-order chi connectivity index (χ0) is 14.5. The highest BCUT2D eigenvalue weighted by atomic mass is 35.5. The van der Waals surface area contributed by atoms with E-state index in [-0.39, 0.29) is 0 Å². The van der Waals surface area contributed by atoms with Crippen LogP contribution in [0, 0.1) is 0 Å². The smallest absolute Gasteiger partial charge is 0.0459 e. The normalized spacial score (nSPS) is 10.6. The van der Waals surface area contributed by atoms with E-state index >= 15 is 0 Å². The average molecular weight is 309 g/mol. The van der Waals surface area contributed by atoms with Crippen molar-refractivity contribution >= 4 is 28.9 Å². The molecule has 2 N–H and O–H groups in total. The minimum Gasteiger partial charge on any atom is -0.370 e. The van der Waals surface area contributed by atoms with E-state index in [1.807, 2.05) is 43.4 Å². The van der Waals surface area contributed by atoms with E-state index < -0.39 is 0 Å². The molecule has 0 aromatic heterocycles. The third-order valence-electron chi connectivity index (χ3n) is 3.27. The van der Waals surface area contributed by atoms with Crippen molar-refractivity contribution in [2.75, 3.05) is 18.5 Å². The van der Waals surface area contributed by atoms with Crippen molar-refractivity contribution in [3.63, 3.8) is 0 Å². The van der Waals surface area contributed by atoms with Gasteiger partial charge in [-0.1, -0.05) is 47.5 Å². The molecule has 2 nitrogen and oxygen atoms in total. The molecule has 0 saturated carbocycles. The van der Waals surface area contributed by atoms with Crippen molar-refractivity contribution in [3.05, 3.63) is 63.6 Å². The highest BCUT2D eigenvalue weighted by molar-refractivity contribution is 6.32. The number of hydrogen-bond donors (Lipinski definition) is 1. The Morgan fingerprint density at radius 2 is 1.70 bits per heavy atom. The molecule has 0 atom stereocenters. The summed E-state index contributed by atoms with van der Waals surface area (Å²) in [5.41, 5.74) is 8.96. The van der Waals surface area contributed by atoms with Crippen LogP contribution in [-0.2, 0) is 13.0 Å². The van der Waals surface area contributed by atoms with Crippen LogP contribution >= 0.6 is 23.2 Å². The maximum atomic E-state index is 6.28. The molecule has 0 amide bonds. The Labute approximate surface area is 130 Å². The standard InChI is InChI=1S/C16H18Cl2N2/c1-20(11-12-5-2-3-6-14(12)17)16-8-4-7-15(18)13(16)9-10-19/h2-8H,9-11,19H2,1H3. The molecule has 0 unspecified atom stereocenters. The Kier molecular flexibility index (Phi) is 5.30. The summed E-state index contributed by atoms with van der Waals surface area (Å²) in [6.07, 6.45) is 0.766. The summed E-state index contributed by atoms with van der Waals surface area (Å²) in [4.78, 5) is 2.15. The van der Waals surface area contributed by atoms with Gasteiger partial charge in [0.1, 0.15) is 0 Å². The van der Waals surface area contributed by atoms with E-state index in [0.29, 0.717) is 6.54 Å². The Morgan fingerprint density at radius 1 is 1.00 bits per heavy atom. The molecule has 0 radical (unpaired) electrons. The molecule has 2 aromatic rings. The first kappa shape index (κ1) is 15.2. The number of benzene rings is 2. The quantitative estimate of drug-likeness (QED) is 0.900. The average Bonchev–Trinajstić information content (AvgIpc) is 2.43. The molecule has 2 aromatic carbocycles. The van der Waals surface area contributed by atoms with E-state index in [2.05, 4.69) is 11.0 Å². The number of nitrogens with two attached hydrogens (primary N) is 1. The van der Waals surface area contributed by atoms with Gasteiger partial charge < -0.3 is 10.6 Å². The van der Waals surface area contributed by atoms with E-state index in [4.69, 9.17) is 28.9 Å². The van der Waals surface area contributed by atoms with Gasteiger partial charge in [-0.15, -0.1) is 0 Å². The number of rotatable bonds is 5. The SMILES string of the molecule is CN(Cc1ccccc1Cl)c1cccc(Cl)c1CCN. The maximum absolute atomic E-state index is 6.28. The highest BCUT2D eigenvalue weighted by Crippen LogP contribution is 2.29.